The van der Waals surface area contributed by atoms with Crippen LogP contribution >= 0.6 is 0 Å². The highest BCUT2D eigenvalue weighted by atomic mass is 16.5. The summed E-state index contributed by atoms with van der Waals surface area (Å²) in [5.41, 5.74) is 0.791. The molecule has 0 radical (unpaired) electrons. The van der Waals surface area contributed by atoms with Crippen LogP contribution in [0.5, 0.6) is 0 Å². The van der Waals surface area contributed by atoms with Crippen molar-refractivity contribution in [2.24, 2.45) is 0 Å². The first-order valence-electron chi connectivity index (χ1n) is 5.18. The highest BCUT2D eigenvalue weighted by molar-refractivity contribution is 5.71. The Hall–Kier alpha value is -2.24. The zero-order valence-corrected chi connectivity index (χ0v) is 9.29. The van der Waals surface area contributed by atoms with E-state index in [0.717, 1.165) is 5.56 Å². The number of esters is 1. The SMILES string of the molecule is CCOC(=O)Cc1nc(-c2ccncc2)no1. The third-order valence-electron chi connectivity index (χ3n) is 2.01. The molecule has 0 bridgehead atoms. The van der Waals surface area contributed by atoms with E-state index >= 15 is 0 Å². The quantitative estimate of drug-likeness (QED) is 0.739. The van der Waals surface area contributed by atoms with Gasteiger partial charge in [0.1, 0.15) is 6.42 Å². The molecule has 2 rings (SSSR count). The van der Waals surface area contributed by atoms with Crippen molar-refractivity contribution in [2.75, 3.05) is 6.61 Å². The summed E-state index contributed by atoms with van der Waals surface area (Å²) in [4.78, 5) is 19.2. The molecule has 0 aromatic carbocycles. The van der Waals surface area contributed by atoms with E-state index in [1.807, 2.05) is 0 Å². The smallest absolute Gasteiger partial charge is 0.315 e. The maximum atomic E-state index is 11.2. The fourth-order valence-corrected chi connectivity index (χ4v) is 1.28. The molecule has 0 atom stereocenters. The zero-order valence-electron chi connectivity index (χ0n) is 9.29. The van der Waals surface area contributed by atoms with Gasteiger partial charge >= 0.3 is 5.97 Å². The lowest BCUT2D eigenvalue weighted by atomic mass is 10.2. The van der Waals surface area contributed by atoms with Crippen molar-refractivity contribution in [3.63, 3.8) is 0 Å². The van der Waals surface area contributed by atoms with Crippen molar-refractivity contribution >= 4 is 5.97 Å². The predicted molar refractivity (Wildman–Crippen MR) is 57.9 cm³/mol. The Morgan fingerprint density at radius 1 is 1.41 bits per heavy atom. The van der Waals surface area contributed by atoms with Crippen molar-refractivity contribution in [3.8, 4) is 11.4 Å². The number of hydrogen-bond donors (Lipinski definition) is 0. The van der Waals surface area contributed by atoms with E-state index in [9.17, 15) is 4.79 Å². The number of nitrogens with zero attached hydrogens (tertiary/aromatic N) is 3. The summed E-state index contributed by atoms with van der Waals surface area (Å²) in [6.07, 6.45) is 3.26. The van der Waals surface area contributed by atoms with Crippen LogP contribution in [-0.2, 0) is 16.0 Å². The number of rotatable bonds is 4. The van der Waals surface area contributed by atoms with Crippen molar-refractivity contribution in [1.82, 2.24) is 15.1 Å². The van der Waals surface area contributed by atoms with Crippen LogP contribution in [0.3, 0.4) is 0 Å². The zero-order chi connectivity index (χ0) is 12.1. The highest BCUT2D eigenvalue weighted by Gasteiger charge is 2.12. The Kier molecular flexibility index (Phi) is 3.44. The van der Waals surface area contributed by atoms with Crippen LogP contribution in [0.15, 0.2) is 29.0 Å². The van der Waals surface area contributed by atoms with Crippen LogP contribution in [0.4, 0.5) is 0 Å². The van der Waals surface area contributed by atoms with Gasteiger partial charge in [-0.15, -0.1) is 0 Å². The summed E-state index contributed by atoms with van der Waals surface area (Å²) in [6.45, 7) is 2.08. The second kappa shape index (κ2) is 5.20. The highest BCUT2D eigenvalue weighted by Crippen LogP contribution is 2.14. The summed E-state index contributed by atoms with van der Waals surface area (Å²) in [5, 5.41) is 3.78. The summed E-state index contributed by atoms with van der Waals surface area (Å²) >= 11 is 0. The molecule has 2 aromatic heterocycles. The van der Waals surface area contributed by atoms with E-state index in [1.54, 1.807) is 31.5 Å². The maximum Gasteiger partial charge on any atom is 0.315 e. The first-order chi connectivity index (χ1) is 8.29. The lowest BCUT2D eigenvalue weighted by molar-refractivity contribution is -0.142. The molecule has 0 aliphatic heterocycles. The van der Waals surface area contributed by atoms with Gasteiger partial charge in [-0.2, -0.15) is 4.98 Å². The molecule has 0 spiro atoms. The normalized spacial score (nSPS) is 10.2. The van der Waals surface area contributed by atoms with Gasteiger partial charge in [-0.05, 0) is 19.1 Å². The van der Waals surface area contributed by atoms with Crippen LogP contribution in [0.1, 0.15) is 12.8 Å². The third-order valence-corrected chi connectivity index (χ3v) is 2.01. The largest absolute Gasteiger partial charge is 0.466 e. The van der Waals surface area contributed by atoms with Crippen LogP contribution in [0, 0.1) is 0 Å². The lowest BCUT2D eigenvalue weighted by Crippen LogP contribution is -2.07. The van der Waals surface area contributed by atoms with Crippen molar-refractivity contribution in [3.05, 3.63) is 30.4 Å². The van der Waals surface area contributed by atoms with E-state index in [4.69, 9.17) is 9.26 Å². The van der Waals surface area contributed by atoms with E-state index in [0.29, 0.717) is 12.4 Å². The van der Waals surface area contributed by atoms with Gasteiger partial charge in [0.15, 0.2) is 0 Å². The average molecular weight is 233 g/mol. The van der Waals surface area contributed by atoms with E-state index < -0.39 is 0 Å². The van der Waals surface area contributed by atoms with Gasteiger partial charge in [0.2, 0.25) is 11.7 Å². The molecule has 2 heterocycles. The Morgan fingerprint density at radius 3 is 2.88 bits per heavy atom. The third kappa shape index (κ3) is 2.87. The Balaban J connectivity index is 2.09. The Bertz CT molecular complexity index is 496. The second-order valence-corrected chi connectivity index (χ2v) is 3.23. The topological polar surface area (TPSA) is 78.1 Å². The molecule has 6 heteroatoms. The van der Waals surface area contributed by atoms with E-state index in [1.165, 1.54) is 0 Å². The fraction of sp³-hybridized carbons (Fsp3) is 0.273. The van der Waals surface area contributed by atoms with Crippen LogP contribution in [0.25, 0.3) is 11.4 Å². The molecule has 0 saturated carbocycles. The minimum atomic E-state index is -0.377. The molecule has 6 nitrogen and oxygen atoms in total. The van der Waals surface area contributed by atoms with Crippen molar-refractivity contribution < 1.29 is 14.1 Å². The molecule has 2 aromatic rings. The van der Waals surface area contributed by atoms with Gasteiger partial charge < -0.3 is 9.26 Å². The minimum Gasteiger partial charge on any atom is -0.466 e. The number of ether oxygens (including phenoxy) is 1. The van der Waals surface area contributed by atoms with Gasteiger partial charge in [-0.3, -0.25) is 9.78 Å². The van der Waals surface area contributed by atoms with Crippen LogP contribution < -0.4 is 0 Å². The first-order valence-corrected chi connectivity index (χ1v) is 5.18. The number of hydrogen-bond acceptors (Lipinski definition) is 6. The van der Waals surface area contributed by atoms with Crippen molar-refractivity contribution in [1.29, 1.82) is 0 Å². The molecular weight excluding hydrogens is 222 g/mol. The van der Waals surface area contributed by atoms with Gasteiger partial charge in [-0.1, -0.05) is 5.16 Å². The number of carbonyl (C=O) groups is 1. The van der Waals surface area contributed by atoms with Gasteiger partial charge in [-0.25, -0.2) is 0 Å². The Labute approximate surface area is 97.6 Å². The summed E-state index contributed by atoms with van der Waals surface area (Å²) in [5.74, 6) is 0.305. The number of pyridine rings is 1. The standard InChI is InChI=1S/C11H11N3O3/c1-2-16-10(15)7-9-13-11(14-17-9)8-3-5-12-6-4-8/h3-6H,2,7H2,1H3. The molecule has 0 fully saturated rings. The number of aromatic nitrogens is 3. The van der Waals surface area contributed by atoms with E-state index in [-0.39, 0.29) is 18.3 Å². The van der Waals surface area contributed by atoms with Gasteiger partial charge in [0.25, 0.3) is 0 Å². The van der Waals surface area contributed by atoms with Crippen molar-refractivity contribution in [2.45, 2.75) is 13.3 Å². The van der Waals surface area contributed by atoms with Gasteiger partial charge in [0.05, 0.1) is 6.61 Å². The lowest BCUT2D eigenvalue weighted by Gasteiger charge is -1.96. The monoisotopic (exact) mass is 233 g/mol. The first kappa shape index (κ1) is 11.3. The molecule has 88 valence electrons. The minimum absolute atomic E-state index is 0.00801. The second-order valence-electron chi connectivity index (χ2n) is 3.23. The van der Waals surface area contributed by atoms with E-state index in [2.05, 4.69) is 15.1 Å². The van der Waals surface area contributed by atoms with Crippen LogP contribution in [0.2, 0.25) is 0 Å². The maximum absolute atomic E-state index is 11.2. The molecule has 0 aliphatic carbocycles. The molecule has 0 unspecified atom stereocenters. The Morgan fingerprint density at radius 2 is 2.18 bits per heavy atom. The molecule has 0 aliphatic rings. The number of carbonyl (C=O) groups excluding carboxylic acids is 1. The predicted octanol–water partition coefficient (Wildman–Crippen LogP) is 1.24. The molecule has 0 N–H and O–H groups in total. The molecule has 0 saturated heterocycles. The average Bonchev–Trinajstić information content (AvgIpc) is 2.79. The summed E-state index contributed by atoms with van der Waals surface area (Å²) in [6, 6.07) is 3.53. The molecular formula is C11H11N3O3. The fourth-order valence-electron chi connectivity index (χ4n) is 1.28. The van der Waals surface area contributed by atoms with Gasteiger partial charge in [0, 0.05) is 18.0 Å². The summed E-state index contributed by atoms with van der Waals surface area (Å²) in [7, 11) is 0. The van der Waals surface area contributed by atoms with Crippen LogP contribution in [-0.4, -0.2) is 27.7 Å². The summed E-state index contributed by atoms with van der Waals surface area (Å²) < 4.78 is 9.74. The molecule has 0 amide bonds. The molecule has 17 heavy (non-hydrogen) atoms.